The third-order valence-electron chi connectivity index (χ3n) is 3.50. The van der Waals surface area contributed by atoms with Gasteiger partial charge < -0.3 is 10.1 Å². The molecule has 1 amide bonds. The number of esters is 1. The maximum absolute atomic E-state index is 13.2. The third-order valence-corrected chi connectivity index (χ3v) is 3.50. The molecule has 0 bridgehead atoms. The number of amides is 1. The Kier molecular flexibility index (Phi) is 4.97. The molecule has 1 N–H and O–H groups in total. The van der Waals surface area contributed by atoms with Crippen molar-refractivity contribution in [3.63, 3.8) is 0 Å². The van der Waals surface area contributed by atoms with Crippen molar-refractivity contribution in [1.29, 1.82) is 0 Å². The zero-order chi connectivity index (χ0) is 18.5. The van der Waals surface area contributed by atoms with E-state index in [9.17, 15) is 14.0 Å². The summed E-state index contributed by atoms with van der Waals surface area (Å²) in [4.78, 5) is 24.0. The highest BCUT2D eigenvalue weighted by Gasteiger charge is 2.12. The van der Waals surface area contributed by atoms with E-state index in [-0.39, 0.29) is 5.56 Å². The Morgan fingerprint density at radius 2 is 2.08 bits per heavy atom. The maximum Gasteiger partial charge on any atom is 0.338 e. The Balaban J connectivity index is 1.61. The maximum atomic E-state index is 13.2. The van der Waals surface area contributed by atoms with Crippen molar-refractivity contribution in [2.45, 2.75) is 6.92 Å². The van der Waals surface area contributed by atoms with Crippen LogP contribution in [0.2, 0.25) is 0 Å². The number of anilines is 1. The minimum absolute atomic E-state index is 0.243. The number of halogens is 1. The second-order valence-corrected chi connectivity index (χ2v) is 5.39. The van der Waals surface area contributed by atoms with Crippen molar-refractivity contribution in [1.82, 2.24) is 20.2 Å². The highest BCUT2D eigenvalue weighted by atomic mass is 19.1. The van der Waals surface area contributed by atoms with Crippen LogP contribution in [0.1, 0.15) is 15.9 Å². The van der Waals surface area contributed by atoms with Crippen molar-refractivity contribution < 1.29 is 18.7 Å². The SMILES string of the molecule is Cc1ccc(F)cc1NC(=O)COC(=O)c1cccc(-n2cnnn2)c1. The van der Waals surface area contributed by atoms with Gasteiger partial charge in [0, 0.05) is 5.69 Å². The molecule has 0 spiro atoms. The zero-order valence-corrected chi connectivity index (χ0v) is 13.7. The lowest BCUT2D eigenvalue weighted by atomic mass is 10.2. The smallest absolute Gasteiger partial charge is 0.338 e. The average Bonchev–Trinajstić information content (AvgIpc) is 3.17. The minimum atomic E-state index is -0.675. The number of benzene rings is 2. The molecule has 0 radical (unpaired) electrons. The molecule has 132 valence electrons. The van der Waals surface area contributed by atoms with Crippen molar-refractivity contribution in [2.24, 2.45) is 0 Å². The zero-order valence-electron chi connectivity index (χ0n) is 13.7. The Morgan fingerprint density at radius 1 is 1.23 bits per heavy atom. The molecule has 0 saturated carbocycles. The summed E-state index contributed by atoms with van der Waals surface area (Å²) in [7, 11) is 0. The van der Waals surface area contributed by atoms with Crippen LogP contribution in [0.4, 0.5) is 10.1 Å². The molecule has 0 aliphatic rings. The molecule has 1 heterocycles. The molecule has 0 saturated heterocycles. The second kappa shape index (κ2) is 7.51. The Bertz CT molecular complexity index is 943. The first-order chi connectivity index (χ1) is 12.5. The van der Waals surface area contributed by atoms with E-state index in [1.54, 1.807) is 31.2 Å². The number of carbonyl (C=O) groups is 2. The highest BCUT2D eigenvalue weighted by Crippen LogP contribution is 2.16. The first kappa shape index (κ1) is 17.2. The predicted octanol–water partition coefficient (Wildman–Crippen LogP) is 1.91. The van der Waals surface area contributed by atoms with Crippen LogP contribution in [0.3, 0.4) is 0 Å². The molecular formula is C17H14FN5O3. The van der Waals surface area contributed by atoms with Gasteiger partial charge >= 0.3 is 5.97 Å². The summed E-state index contributed by atoms with van der Waals surface area (Å²) in [5.74, 6) is -1.71. The van der Waals surface area contributed by atoms with Gasteiger partial charge in [0.1, 0.15) is 12.1 Å². The van der Waals surface area contributed by atoms with Crippen LogP contribution in [0, 0.1) is 12.7 Å². The lowest BCUT2D eigenvalue weighted by Gasteiger charge is -2.09. The molecule has 26 heavy (non-hydrogen) atoms. The quantitative estimate of drug-likeness (QED) is 0.702. The van der Waals surface area contributed by atoms with E-state index in [0.717, 1.165) is 0 Å². The number of rotatable bonds is 5. The molecule has 0 unspecified atom stereocenters. The summed E-state index contributed by atoms with van der Waals surface area (Å²) in [5, 5.41) is 13.3. The lowest BCUT2D eigenvalue weighted by Crippen LogP contribution is -2.21. The number of ether oxygens (including phenoxy) is 1. The normalized spacial score (nSPS) is 10.4. The molecule has 9 heteroatoms. The number of aromatic nitrogens is 4. The van der Waals surface area contributed by atoms with Crippen LogP contribution in [-0.2, 0) is 9.53 Å². The number of nitrogens with zero attached hydrogens (tertiary/aromatic N) is 4. The van der Waals surface area contributed by atoms with Gasteiger partial charge in [0.05, 0.1) is 11.3 Å². The molecular weight excluding hydrogens is 341 g/mol. The van der Waals surface area contributed by atoms with E-state index in [1.165, 1.54) is 29.2 Å². The Labute approximate surface area is 147 Å². The Hall–Kier alpha value is -3.62. The number of nitrogens with one attached hydrogen (secondary N) is 1. The molecule has 0 atom stereocenters. The van der Waals surface area contributed by atoms with Crippen LogP contribution >= 0.6 is 0 Å². The minimum Gasteiger partial charge on any atom is -0.452 e. The molecule has 3 rings (SSSR count). The summed E-state index contributed by atoms with van der Waals surface area (Å²) in [5.41, 5.74) is 1.84. The number of hydrogen-bond donors (Lipinski definition) is 1. The van der Waals surface area contributed by atoms with Gasteiger partial charge in [-0.15, -0.1) is 5.10 Å². The van der Waals surface area contributed by atoms with Crippen molar-refractivity contribution in [3.8, 4) is 5.69 Å². The largest absolute Gasteiger partial charge is 0.452 e. The monoisotopic (exact) mass is 355 g/mol. The van der Waals surface area contributed by atoms with Gasteiger partial charge in [0.25, 0.3) is 5.91 Å². The molecule has 8 nitrogen and oxygen atoms in total. The highest BCUT2D eigenvalue weighted by molar-refractivity contribution is 5.96. The van der Waals surface area contributed by atoms with E-state index >= 15 is 0 Å². The molecule has 3 aromatic rings. The summed E-state index contributed by atoms with van der Waals surface area (Å²) in [6, 6.07) is 10.5. The van der Waals surface area contributed by atoms with Gasteiger partial charge in [-0.05, 0) is 53.2 Å². The van der Waals surface area contributed by atoms with Crippen LogP contribution in [0.25, 0.3) is 5.69 Å². The number of hydrogen-bond acceptors (Lipinski definition) is 6. The standard InChI is InChI=1S/C17H14FN5O3/c1-11-5-6-13(18)8-15(11)20-16(24)9-26-17(25)12-3-2-4-14(7-12)23-10-19-21-22-23/h2-8,10H,9H2,1H3,(H,20,24). The number of carbonyl (C=O) groups excluding carboxylic acids is 2. The van der Waals surface area contributed by atoms with Crippen molar-refractivity contribution in [2.75, 3.05) is 11.9 Å². The van der Waals surface area contributed by atoms with E-state index in [2.05, 4.69) is 20.8 Å². The van der Waals surface area contributed by atoms with E-state index in [4.69, 9.17) is 4.74 Å². The van der Waals surface area contributed by atoms with Crippen molar-refractivity contribution >= 4 is 17.6 Å². The van der Waals surface area contributed by atoms with Gasteiger partial charge in [0.2, 0.25) is 0 Å². The summed E-state index contributed by atoms with van der Waals surface area (Å²) in [6.45, 7) is 1.23. The molecule has 0 aliphatic heterocycles. The first-order valence-corrected chi connectivity index (χ1v) is 7.59. The first-order valence-electron chi connectivity index (χ1n) is 7.59. The van der Waals surface area contributed by atoms with E-state index < -0.39 is 24.3 Å². The fraction of sp³-hybridized carbons (Fsp3) is 0.118. The van der Waals surface area contributed by atoms with Crippen LogP contribution in [-0.4, -0.2) is 38.7 Å². The molecule has 0 aliphatic carbocycles. The lowest BCUT2D eigenvalue weighted by molar-refractivity contribution is -0.119. The molecule has 0 fully saturated rings. The van der Waals surface area contributed by atoms with Gasteiger partial charge in [0.15, 0.2) is 6.61 Å². The van der Waals surface area contributed by atoms with Crippen LogP contribution < -0.4 is 5.32 Å². The number of tetrazole rings is 1. The van der Waals surface area contributed by atoms with Crippen molar-refractivity contribution in [3.05, 3.63) is 65.7 Å². The van der Waals surface area contributed by atoms with E-state index in [1.807, 2.05) is 0 Å². The molecule has 2 aromatic carbocycles. The topological polar surface area (TPSA) is 99.0 Å². The number of aryl methyl sites for hydroxylation is 1. The summed E-state index contributed by atoms with van der Waals surface area (Å²) in [6.07, 6.45) is 1.39. The third kappa shape index (κ3) is 4.07. The fourth-order valence-electron chi connectivity index (χ4n) is 2.18. The summed E-state index contributed by atoms with van der Waals surface area (Å²) < 4.78 is 19.6. The van der Waals surface area contributed by atoms with Gasteiger partial charge in [-0.1, -0.05) is 12.1 Å². The van der Waals surface area contributed by atoms with Crippen LogP contribution in [0.5, 0.6) is 0 Å². The van der Waals surface area contributed by atoms with Crippen LogP contribution in [0.15, 0.2) is 48.8 Å². The fourth-order valence-corrected chi connectivity index (χ4v) is 2.18. The van der Waals surface area contributed by atoms with Gasteiger partial charge in [-0.3, -0.25) is 4.79 Å². The van der Waals surface area contributed by atoms with Gasteiger partial charge in [-0.2, -0.15) is 0 Å². The van der Waals surface area contributed by atoms with Gasteiger partial charge in [-0.25, -0.2) is 13.9 Å². The summed E-state index contributed by atoms with van der Waals surface area (Å²) >= 11 is 0. The average molecular weight is 355 g/mol. The van der Waals surface area contributed by atoms with E-state index in [0.29, 0.717) is 16.9 Å². The predicted molar refractivity (Wildman–Crippen MR) is 89.2 cm³/mol. The molecule has 1 aromatic heterocycles. The second-order valence-electron chi connectivity index (χ2n) is 5.39. The Morgan fingerprint density at radius 3 is 2.85 bits per heavy atom.